The highest BCUT2D eigenvalue weighted by molar-refractivity contribution is 5.65. The molecule has 0 fully saturated rings. The van der Waals surface area contributed by atoms with E-state index in [9.17, 15) is 9.90 Å². The molecule has 0 aromatic rings. The Morgan fingerprint density at radius 3 is 1.64 bits per heavy atom. The molecule has 0 aromatic carbocycles. The van der Waals surface area contributed by atoms with Crippen LogP contribution in [0, 0.1) is 0 Å². The maximum absolute atomic E-state index is 9.36. The average molecular weight is 163 g/mol. The Labute approximate surface area is 68.0 Å². The molecule has 0 bridgehead atoms. The molecule has 0 spiro atoms. The van der Waals surface area contributed by atoms with Crippen LogP contribution < -0.4 is 5.11 Å². The van der Waals surface area contributed by atoms with Crippen LogP contribution in [0.2, 0.25) is 0 Å². The number of hydrogen-bond acceptors (Lipinski definition) is 3. The summed E-state index contributed by atoms with van der Waals surface area (Å²) in [5, 5.41) is 9.36. The highest BCUT2D eigenvalue weighted by Crippen LogP contribution is 1.73. The van der Waals surface area contributed by atoms with Gasteiger partial charge in [0.15, 0.2) is 0 Å². The Kier molecular flexibility index (Phi) is 7.24. The van der Waals surface area contributed by atoms with E-state index in [4.69, 9.17) is 0 Å². The Bertz CT molecular complexity index is 101. The van der Waals surface area contributed by atoms with E-state index in [1.54, 1.807) is 0 Å². The van der Waals surface area contributed by atoms with Gasteiger partial charge in [0.05, 0.1) is 40.8 Å². The van der Waals surface area contributed by atoms with Crippen molar-refractivity contribution in [1.82, 2.24) is 0 Å². The van der Waals surface area contributed by atoms with Gasteiger partial charge in [-0.3, -0.25) is 0 Å². The summed E-state index contributed by atoms with van der Waals surface area (Å²) < 4.78 is 5.14. The summed E-state index contributed by atoms with van der Waals surface area (Å²) in [6, 6.07) is 0. The molecular formula is C7H17NO3. The lowest BCUT2D eigenvalue weighted by molar-refractivity contribution is -0.849. The number of carbonyl (C=O) groups is 1. The molecule has 0 unspecified atom stereocenters. The summed E-state index contributed by atoms with van der Waals surface area (Å²) in [5.74, 6) is -1.18. The summed E-state index contributed by atoms with van der Waals surface area (Å²) in [7, 11) is 9.80. The number of aliphatic carboxylic acids is 1. The van der Waals surface area contributed by atoms with Crippen LogP contribution in [0.15, 0.2) is 0 Å². The van der Waals surface area contributed by atoms with Gasteiger partial charge in [-0.25, -0.2) is 0 Å². The molecule has 0 aliphatic heterocycles. The zero-order valence-electron chi connectivity index (χ0n) is 7.88. The number of carboxylic acid groups (broad SMARTS) is 1. The zero-order chi connectivity index (χ0) is 9.49. The van der Waals surface area contributed by atoms with E-state index in [-0.39, 0.29) is 6.61 Å². The van der Waals surface area contributed by atoms with Crippen LogP contribution >= 0.6 is 0 Å². The topological polar surface area (TPSA) is 49.4 Å². The van der Waals surface area contributed by atoms with Gasteiger partial charge in [-0.15, -0.1) is 0 Å². The molecule has 0 saturated carbocycles. The second-order valence-corrected chi connectivity index (χ2v) is 3.49. The molecule has 0 aliphatic carbocycles. The van der Waals surface area contributed by atoms with Gasteiger partial charge in [0.1, 0.15) is 0 Å². The van der Waals surface area contributed by atoms with Gasteiger partial charge in [-0.05, 0) is 0 Å². The fourth-order valence-electron chi connectivity index (χ4n) is 0.118. The highest BCUT2D eigenvalue weighted by Gasteiger charge is 1.88. The molecule has 11 heavy (non-hydrogen) atoms. The lowest BCUT2D eigenvalue weighted by atomic mass is 10.8. The first-order chi connectivity index (χ1) is 4.77. The third kappa shape index (κ3) is 89.8. The molecule has 0 amide bonds. The molecular weight excluding hydrogens is 146 g/mol. The number of hydrogen-bond donors (Lipinski definition) is 0. The van der Waals surface area contributed by atoms with Crippen molar-refractivity contribution < 1.29 is 19.1 Å². The number of rotatable bonds is 2. The normalized spacial score (nSPS) is 9.91. The Balaban J connectivity index is 0. The van der Waals surface area contributed by atoms with Crippen molar-refractivity contribution in [3.8, 4) is 0 Å². The standard InChI is InChI=1S/C4H12N.C3H6O3/c1-5(2,3)4;1-6-2-3(4)5/h1-4H3;2H2,1H3,(H,4,5)/q+1;/p-1. The van der Waals surface area contributed by atoms with Gasteiger partial charge in [-0.1, -0.05) is 0 Å². The number of quaternary nitrogens is 1. The van der Waals surface area contributed by atoms with Gasteiger partial charge in [0.25, 0.3) is 0 Å². The SMILES string of the molecule is COCC(=O)[O-].C[N+](C)(C)C. The quantitative estimate of drug-likeness (QED) is 0.476. The predicted octanol–water partition coefficient (Wildman–Crippen LogP) is -1.29. The monoisotopic (exact) mass is 163 g/mol. The van der Waals surface area contributed by atoms with Gasteiger partial charge >= 0.3 is 0 Å². The van der Waals surface area contributed by atoms with E-state index in [1.807, 2.05) is 0 Å². The Hall–Kier alpha value is -0.610. The largest absolute Gasteiger partial charge is 0.548 e. The van der Waals surface area contributed by atoms with E-state index >= 15 is 0 Å². The van der Waals surface area contributed by atoms with Crippen molar-refractivity contribution in [3.63, 3.8) is 0 Å². The third-order valence-corrected chi connectivity index (χ3v) is 0.262. The molecule has 4 heteroatoms. The van der Waals surface area contributed by atoms with Crippen LogP contribution in [0.4, 0.5) is 0 Å². The van der Waals surface area contributed by atoms with E-state index in [2.05, 4.69) is 32.9 Å². The Morgan fingerprint density at radius 1 is 1.36 bits per heavy atom. The first-order valence-corrected chi connectivity index (χ1v) is 3.25. The van der Waals surface area contributed by atoms with E-state index in [0.29, 0.717) is 0 Å². The van der Waals surface area contributed by atoms with Crippen LogP contribution in [0.25, 0.3) is 0 Å². The second kappa shape index (κ2) is 6.12. The summed E-state index contributed by atoms with van der Waals surface area (Å²) in [5.41, 5.74) is 0. The van der Waals surface area contributed by atoms with Crippen LogP contribution in [-0.4, -0.2) is 52.4 Å². The van der Waals surface area contributed by atoms with Gasteiger partial charge in [0.2, 0.25) is 0 Å². The fraction of sp³-hybridized carbons (Fsp3) is 0.857. The zero-order valence-corrected chi connectivity index (χ0v) is 7.88. The molecule has 0 atom stereocenters. The minimum atomic E-state index is -1.18. The van der Waals surface area contributed by atoms with E-state index in [0.717, 1.165) is 4.48 Å². The molecule has 0 saturated heterocycles. The number of carboxylic acids is 1. The fourth-order valence-corrected chi connectivity index (χ4v) is 0.118. The number of methoxy groups -OCH3 is 1. The molecule has 0 N–H and O–H groups in total. The molecule has 68 valence electrons. The summed E-state index contributed by atoms with van der Waals surface area (Å²) in [6.07, 6.45) is 0. The lowest BCUT2D eigenvalue weighted by Gasteiger charge is -2.14. The third-order valence-electron chi connectivity index (χ3n) is 0.262. The van der Waals surface area contributed by atoms with E-state index in [1.165, 1.54) is 7.11 Å². The summed E-state index contributed by atoms with van der Waals surface area (Å²) in [6.45, 7) is -0.319. The Morgan fingerprint density at radius 2 is 1.64 bits per heavy atom. The minimum absolute atomic E-state index is 0.319. The predicted molar refractivity (Wildman–Crippen MR) is 40.8 cm³/mol. The first kappa shape index (κ1) is 13.0. The molecule has 0 rings (SSSR count). The molecule has 0 radical (unpaired) electrons. The maximum atomic E-state index is 9.36. The van der Waals surface area contributed by atoms with Crippen molar-refractivity contribution in [2.24, 2.45) is 0 Å². The van der Waals surface area contributed by atoms with Crippen LogP contribution in [0.5, 0.6) is 0 Å². The van der Waals surface area contributed by atoms with Crippen molar-refractivity contribution in [3.05, 3.63) is 0 Å². The summed E-state index contributed by atoms with van der Waals surface area (Å²) in [4.78, 5) is 9.36. The first-order valence-electron chi connectivity index (χ1n) is 3.25. The minimum Gasteiger partial charge on any atom is -0.548 e. The number of carbonyl (C=O) groups excluding carboxylic acids is 1. The smallest absolute Gasteiger partial charge is 0.0857 e. The summed E-state index contributed by atoms with van der Waals surface area (Å²) >= 11 is 0. The van der Waals surface area contributed by atoms with Crippen molar-refractivity contribution in [1.29, 1.82) is 0 Å². The van der Waals surface area contributed by atoms with Crippen molar-refractivity contribution >= 4 is 5.97 Å². The molecule has 0 aliphatic rings. The van der Waals surface area contributed by atoms with Gasteiger partial charge in [-0.2, -0.15) is 0 Å². The second-order valence-electron chi connectivity index (χ2n) is 3.49. The van der Waals surface area contributed by atoms with Crippen LogP contribution in [0.1, 0.15) is 0 Å². The number of nitrogens with zero attached hydrogens (tertiary/aromatic N) is 1. The van der Waals surface area contributed by atoms with Crippen molar-refractivity contribution in [2.45, 2.75) is 0 Å². The van der Waals surface area contributed by atoms with Gasteiger partial charge < -0.3 is 19.1 Å². The van der Waals surface area contributed by atoms with E-state index < -0.39 is 5.97 Å². The highest BCUT2D eigenvalue weighted by atomic mass is 16.5. The number of ether oxygens (including phenoxy) is 1. The van der Waals surface area contributed by atoms with Crippen molar-refractivity contribution in [2.75, 3.05) is 41.9 Å². The van der Waals surface area contributed by atoms with Gasteiger partial charge in [0, 0.05) is 7.11 Å². The molecule has 4 nitrogen and oxygen atoms in total. The maximum Gasteiger partial charge on any atom is 0.0857 e. The van der Waals surface area contributed by atoms with Crippen LogP contribution in [0.3, 0.4) is 0 Å². The molecule has 0 heterocycles. The average Bonchev–Trinajstić information content (AvgIpc) is 1.58. The van der Waals surface area contributed by atoms with Crippen LogP contribution in [-0.2, 0) is 9.53 Å². The lowest BCUT2D eigenvalue weighted by Crippen LogP contribution is -2.27. The molecule has 0 aromatic heterocycles.